The number of carbonyl (C=O) groups excluding carboxylic acids is 1. The summed E-state index contributed by atoms with van der Waals surface area (Å²) in [5.41, 5.74) is 1.39. The number of anilines is 2. The molecule has 3 rings (SSSR count). The highest BCUT2D eigenvalue weighted by Crippen LogP contribution is 2.22. The van der Waals surface area contributed by atoms with Crippen molar-refractivity contribution in [3.05, 3.63) is 89.8 Å². The van der Waals surface area contributed by atoms with Crippen LogP contribution in [0.1, 0.15) is 16.1 Å². The van der Waals surface area contributed by atoms with Crippen molar-refractivity contribution in [1.82, 2.24) is 9.88 Å². The van der Waals surface area contributed by atoms with Gasteiger partial charge in [-0.05, 0) is 29.8 Å². The number of hydrogen-bond acceptors (Lipinski definition) is 3. The first-order valence-electron chi connectivity index (χ1n) is 8.01. The van der Waals surface area contributed by atoms with Crippen LogP contribution in [0.25, 0.3) is 0 Å². The fourth-order valence-corrected chi connectivity index (χ4v) is 2.48. The number of rotatable bonds is 5. The second-order valence-electron chi connectivity index (χ2n) is 5.80. The number of pyridine rings is 1. The van der Waals surface area contributed by atoms with Crippen molar-refractivity contribution in [2.45, 2.75) is 6.54 Å². The van der Waals surface area contributed by atoms with Gasteiger partial charge in [0.2, 0.25) is 0 Å². The number of amides is 1. The number of hydrogen-bond donors (Lipinski definition) is 1. The van der Waals surface area contributed by atoms with Crippen LogP contribution >= 0.6 is 0 Å². The molecule has 26 heavy (non-hydrogen) atoms. The molecule has 4 nitrogen and oxygen atoms in total. The molecular formula is C20H17F2N3O. The molecule has 1 N–H and O–H groups in total. The lowest BCUT2D eigenvalue weighted by Crippen LogP contribution is -2.26. The van der Waals surface area contributed by atoms with Crippen LogP contribution in [0.3, 0.4) is 0 Å². The molecule has 0 aliphatic rings. The summed E-state index contributed by atoms with van der Waals surface area (Å²) in [4.78, 5) is 18.1. The Morgan fingerprint density at radius 3 is 2.31 bits per heavy atom. The highest BCUT2D eigenvalue weighted by Gasteiger charge is 2.14. The van der Waals surface area contributed by atoms with E-state index in [-0.39, 0.29) is 17.3 Å². The Labute approximate surface area is 150 Å². The highest BCUT2D eigenvalue weighted by molar-refractivity contribution is 5.92. The van der Waals surface area contributed by atoms with Crippen molar-refractivity contribution < 1.29 is 13.6 Å². The van der Waals surface area contributed by atoms with Gasteiger partial charge in [0, 0.05) is 13.6 Å². The van der Waals surface area contributed by atoms with Crippen LogP contribution in [0.4, 0.5) is 20.2 Å². The summed E-state index contributed by atoms with van der Waals surface area (Å²) in [6.07, 6.45) is 1.37. The molecule has 0 spiro atoms. The summed E-state index contributed by atoms with van der Waals surface area (Å²) in [6.45, 7) is 0.460. The molecule has 3 aromatic rings. The van der Waals surface area contributed by atoms with E-state index in [4.69, 9.17) is 0 Å². The molecule has 1 amide bonds. The van der Waals surface area contributed by atoms with Gasteiger partial charge in [0.05, 0.1) is 11.9 Å². The maximum atomic E-state index is 13.7. The topological polar surface area (TPSA) is 45.2 Å². The Balaban J connectivity index is 1.70. The number of benzene rings is 2. The summed E-state index contributed by atoms with van der Waals surface area (Å²) in [7, 11) is 1.69. The van der Waals surface area contributed by atoms with Gasteiger partial charge in [-0.3, -0.25) is 4.79 Å². The fraction of sp³-hybridized carbons (Fsp3) is 0.100. The van der Waals surface area contributed by atoms with E-state index in [1.54, 1.807) is 18.0 Å². The molecule has 0 aliphatic heterocycles. The zero-order chi connectivity index (χ0) is 18.5. The Morgan fingerprint density at radius 1 is 1.00 bits per heavy atom. The number of nitrogens with zero attached hydrogens (tertiary/aromatic N) is 2. The molecule has 1 aromatic heterocycles. The molecule has 2 aromatic carbocycles. The number of aromatic nitrogens is 1. The van der Waals surface area contributed by atoms with E-state index >= 15 is 0 Å². The van der Waals surface area contributed by atoms with Crippen LogP contribution in [0.5, 0.6) is 0 Å². The second kappa shape index (κ2) is 7.74. The van der Waals surface area contributed by atoms with Crippen molar-refractivity contribution in [2.75, 3.05) is 12.4 Å². The Bertz CT molecular complexity index is 878. The predicted molar refractivity (Wildman–Crippen MR) is 96.1 cm³/mol. The van der Waals surface area contributed by atoms with Gasteiger partial charge in [0.15, 0.2) is 0 Å². The number of halogens is 2. The van der Waals surface area contributed by atoms with Crippen molar-refractivity contribution in [3.8, 4) is 0 Å². The maximum Gasteiger partial charge on any atom is 0.272 e. The number of para-hydroxylation sites is 1. The molecule has 0 fully saturated rings. The lowest BCUT2D eigenvalue weighted by atomic mass is 10.2. The normalized spacial score (nSPS) is 10.4. The van der Waals surface area contributed by atoms with Crippen molar-refractivity contribution in [3.63, 3.8) is 0 Å². The lowest BCUT2D eigenvalue weighted by Gasteiger charge is -2.17. The summed E-state index contributed by atoms with van der Waals surface area (Å²) >= 11 is 0. The third-order valence-electron chi connectivity index (χ3n) is 3.82. The van der Waals surface area contributed by atoms with Crippen LogP contribution in [0.15, 0.2) is 66.9 Å². The van der Waals surface area contributed by atoms with Crippen LogP contribution < -0.4 is 5.32 Å². The van der Waals surface area contributed by atoms with Crippen LogP contribution in [0.2, 0.25) is 0 Å². The molecule has 0 radical (unpaired) electrons. The second-order valence-corrected chi connectivity index (χ2v) is 5.80. The highest BCUT2D eigenvalue weighted by atomic mass is 19.1. The predicted octanol–water partition coefficient (Wildman–Crippen LogP) is 4.38. The lowest BCUT2D eigenvalue weighted by molar-refractivity contribution is 0.0779. The largest absolute Gasteiger partial charge is 0.349 e. The molecular weight excluding hydrogens is 336 g/mol. The zero-order valence-electron chi connectivity index (χ0n) is 14.1. The SMILES string of the molecule is CN(Cc1ccccc1)C(=O)c1ccc(Nc2c(F)cccc2F)cn1. The van der Waals surface area contributed by atoms with Gasteiger partial charge in [-0.15, -0.1) is 0 Å². The smallest absolute Gasteiger partial charge is 0.272 e. The summed E-state index contributed by atoms with van der Waals surface area (Å²) in [5, 5.41) is 2.64. The first kappa shape index (κ1) is 17.5. The van der Waals surface area contributed by atoms with Crippen molar-refractivity contribution >= 4 is 17.3 Å². The molecule has 0 bridgehead atoms. The van der Waals surface area contributed by atoms with Gasteiger partial charge in [-0.2, -0.15) is 0 Å². The van der Waals surface area contributed by atoms with Crippen molar-refractivity contribution in [1.29, 1.82) is 0 Å². The Kier molecular flexibility index (Phi) is 5.22. The fourth-order valence-electron chi connectivity index (χ4n) is 2.48. The standard InChI is InChI=1S/C20H17F2N3O/c1-25(13-14-6-3-2-4-7-14)20(26)18-11-10-15(12-23-18)24-19-16(21)8-5-9-17(19)22/h2-12,24H,13H2,1H3. The van der Waals surface area contributed by atoms with Gasteiger partial charge >= 0.3 is 0 Å². The Hall–Kier alpha value is -3.28. The van der Waals surface area contributed by atoms with Gasteiger partial charge in [-0.1, -0.05) is 36.4 Å². The summed E-state index contributed by atoms with van der Waals surface area (Å²) in [6, 6.07) is 16.3. The first-order chi connectivity index (χ1) is 12.5. The minimum absolute atomic E-state index is 0.238. The molecule has 0 saturated carbocycles. The van der Waals surface area contributed by atoms with Crippen molar-refractivity contribution in [2.24, 2.45) is 0 Å². The van der Waals surface area contributed by atoms with E-state index in [1.165, 1.54) is 18.3 Å². The molecule has 0 atom stereocenters. The molecule has 6 heteroatoms. The third kappa shape index (κ3) is 4.03. The number of carbonyl (C=O) groups is 1. The van der Waals surface area contributed by atoms with E-state index in [1.807, 2.05) is 30.3 Å². The maximum absolute atomic E-state index is 13.7. The van der Waals surface area contributed by atoms with Crippen LogP contribution in [-0.2, 0) is 6.54 Å². The van der Waals surface area contributed by atoms with E-state index in [0.717, 1.165) is 17.7 Å². The summed E-state index contributed by atoms with van der Waals surface area (Å²) in [5.74, 6) is -1.64. The third-order valence-corrected chi connectivity index (χ3v) is 3.82. The molecule has 0 unspecified atom stereocenters. The summed E-state index contributed by atoms with van der Waals surface area (Å²) < 4.78 is 27.3. The monoisotopic (exact) mass is 353 g/mol. The van der Waals surface area contributed by atoms with E-state index in [2.05, 4.69) is 10.3 Å². The molecule has 0 aliphatic carbocycles. The van der Waals surface area contributed by atoms with E-state index < -0.39 is 11.6 Å². The van der Waals surface area contributed by atoms with Gasteiger partial charge in [0.1, 0.15) is 23.0 Å². The van der Waals surface area contributed by atoms with E-state index in [9.17, 15) is 13.6 Å². The van der Waals surface area contributed by atoms with Crippen LogP contribution in [-0.4, -0.2) is 22.8 Å². The minimum atomic E-state index is -0.701. The molecule has 132 valence electrons. The number of nitrogens with one attached hydrogen (secondary N) is 1. The quantitative estimate of drug-likeness (QED) is 0.741. The minimum Gasteiger partial charge on any atom is -0.349 e. The van der Waals surface area contributed by atoms with Gasteiger partial charge < -0.3 is 10.2 Å². The molecule has 0 saturated heterocycles. The van der Waals surface area contributed by atoms with E-state index in [0.29, 0.717) is 12.2 Å². The average molecular weight is 353 g/mol. The average Bonchev–Trinajstić information content (AvgIpc) is 2.65. The molecule has 1 heterocycles. The van der Waals surface area contributed by atoms with Crippen LogP contribution in [0, 0.1) is 11.6 Å². The van der Waals surface area contributed by atoms with Gasteiger partial charge in [-0.25, -0.2) is 13.8 Å². The first-order valence-corrected chi connectivity index (χ1v) is 8.01. The Morgan fingerprint density at radius 2 is 1.69 bits per heavy atom. The van der Waals surface area contributed by atoms with Gasteiger partial charge in [0.25, 0.3) is 5.91 Å². The zero-order valence-corrected chi connectivity index (χ0v) is 14.1.